The van der Waals surface area contributed by atoms with Gasteiger partial charge >= 0.3 is 0 Å². The number of rotatable bonds is 5. The van der Waals surface area contributed by atoms with Crippen LogP contribution in [0.3, 0.4) is 0 Å². The summed E-state index contributed by atoms with van der Waals surface area (Å²) in [7, 11) is -3.89. The van der Waals surface area contributed by atoms with Crippen molar-refractivity contribution in [3.8, 4) is 0 Å². The van der Waals surface area contributed by atoms with E-state index in [-0.39, 0.29) is 22.3 Å². The standard InChI is InChI=1S/C20H22ClN3O4S/c21-16-9-11-17(12-10-16)24-29(27,28)18-8-4-7-15(13-18)20(26)23-22-19(25)14-5-2-1-3-6-14/h4,7-14,24H,1-3,5-6H2,(H,22,25)(H,23,26). The number of carbonyl (C=O) groups is 2. The SMILES string of the molecule is O=C(NNC(=O)C1CCCCC1)c1cccc(S(=O)(=O)Nc2ccc(Cl)cc2)c1. The van der Waals surface area contributed by atoms with Crippen LogP contribution in [0.1, 0.15) is 42.5 Å². The molecule has 2 aromatic carbocycles. The fraction of sp³-hybridized carbons (Fsp3) is 0.300. The Bertz CT molecular complexity index is 987. The van der Waals surface area contributed by atoms with Gasteiger partial charge in [0.15, 0.2) is 0 Å². The van der Waals surface area contributed by atoms with Gasteiger partial charge in [-0.15, -0.1) is 0 Å². The maximum atomic E-state index is 12.6. The smallest absolute Gasteiger partial charge is 0.269 e. The summed E-state index contributed by atoms with van der Waals surface area (Å²) in [6.07, 6.45) is 4.76. The number of hydrogen-bond acceptors (Lipinski definition) is 4. The van der Waals surface area contributed by atoms with Crippen molar-refractivity contribution in [1.82, 2.24) is 10.9 Å². The molecule has 3 rings (SSSR count). The van der Waals surface area contributed by atoms with Crippen LogP contribution in [0.4, 0.5) is 5.69 Å². The summed E-state index contributed by atoms with van der Waals surface area (Å²) in [6.45, 7) is 0. The van der Waals surface area contributed by atoms with Crippen molar-refractivity contribution < 1.29 is 18.0 Å². The van der Waals surface area contributed by atoms with Gasteiger partial charge in [-0.3, -0.25) is 25.2 Å². The van der Waals surface area contributed by atoms with Gasteiger partial charge in [0.25, 0.3) is 15.9 Å². The summed E-state index contributed by atoms with van der Waals surface area (Å²) < 4.78 is 27.6. The van der Waals surface area contributed by atoms with Crippen LogP contribution in [-0.4, -0.2) is 20.2 Å². The Balaban J connectivity index is 1.65. The molecule has 0 saturated heterocycles. The monoisotopic (exact) mass is 435 g/mol. The van der Waals surface area contributed by atoms with Gasteiger partial charge in [-0.2, -0.15) is 0 Å². The quantitative estimate of drug-likeness (QED) is 0.625. The second kappa shape index (κ2) is 9.28. The lowest BCUT2D eigenvalue weighted by Crippen LogP contribution is -2.45. The maximum absolute atomic E-state index is 12.6. The van der Waals surface area contributed by atoms with Crippen LogP contribution in [0, 0.1) is 5.92 Å². The molecule has 1 saturated carbocycles. The number of benzene rings is 2. The third-order valence-electron chi connectivity index (χ3n) is 4.78. The minimum atomic E-state index is -3.89. The molecule has 2 aromatic rings. The Morgan fingerprint density at radius 2 is 1.62 bits per heavy atom. The highest BCUT2D eigenvalue weighted by atomic mass is 35.5. The second-order valence-corrected chi connectivity index (χ2v) is 9.04. The molecule has 0 aliphatic heterocycles. The van der Waals surface area contributed by atoms with E-state index in [1.54, 1.807) is 12.1 Å². The fourth-order valence-electron chi connectivity index (χ4n) is 3.19. The highest BCUT2D eigenvalue weighted by molar-refractivity contribution is 7.92. The first-order valence-corrected chi connectivity index (χ1v) is 11.2. The summed E-state index contributed by atoms with van der Waals surface area (Å²) in [4.78, 5) is 24.4. The predicted octanol–water partition coefficient (Wildman–Crippen LogP) is 3.48. The molecule has 2 amide bonds. The minimum Gasteiger partial charge on any atom is -0.280 e. The van der Waals surface area contributed by atoms with Gasteiger partial charge in [0.2, 0.25) is 5.91 Å². The van der Waals surface area contributed by atoms with E-state index in [0.717, 1.165) is 32.1 Å². The van der Waals surface area contributed by atoms with E-state index in [4.69, 9.17) is 11.6 Å². The number of carbonyl (C=O) groups excluding carboxylic acids is 2. The summed E-state index contributed by atoms with van der Waals surface area (Å²) in [6, 6.07) is 11.8. The van der Waals surface area contributed by atoms with Crippen LogP contribution >= 0.6 is 11.6 Å². The normalized spacial score (nSPS) is 14.8. The summed E-state index contributed by atoms with van der Waals surface area (Å²) >= 11 is 5.81. The Kier molecular flexibility index (Phi) is 6.76. The Morgan fingerprint density at radius 3 is 2.31 bits per heavy atom. The van der Waals surface area contributed by atoms with Gasteiger partial charge in [0.1, 0.15) is 0 Å². The van der Waals surface area contributed by atoms with Crippen LogP contribution < -0.4 is 15.6 Å². The molecule has 9 heteroatoms. The first kappa shape index (κ1) is 21.1. The molecule has 0 unspecified atom stereocenters. The van der Waals surface area contributed by atoms with Crippen LogP contribution in [0.2, 0.25) is 5.02 Å². The lowest BCUT2D eigenvalue weighted by Gasteiger charge is -2.20. The lowest BCUT2D eigenvalue weighted by molar-refractivity contribution is -0.126. The molecule has 0 heterocycles. The van der Waals surface area contributed by atoms with Gasteiger partial charge in [0.05, 0.1) is 4.90 Å². The molecule has 1 aliphatic carbocycles. The molecule has 0 bridgehead atoms. The first-order valence-electron chi connectivity index (χ1n) is 9.34. The van der Waals surface area contributed by atoms with Crippen LogP contribution in [-0.2, 0) is 14.8 Å². The number of sulfonamides is 1. The van der Waals surface area contributed by atoms with Crippen molar-refractivity contribution in [3.63, 3.8) is 0 Å². The van der Waals surface area contributed by atoms with E-state index in [1.807, 2.05) is 0 Å². The predicted molar refractivity (Wildman–Crippen MR) is 111 cm³/mol. The maximum Gasteiger partial charge on any atom is 0.269 e. The average molecular weight is 436 g/mol. The Labute approximate surface area is 174 Å². The minimum absolute atomic E-state index is 0.0706. The molecule has 1 fully saturated rings. The zero-order valence-corrected chi connectivity index (χ0v) is 17.2. The third-order valence-corrected chi connectivity index (χ3v) is 6.41. The molecule has 0 aromatic heterocycles. The van der Waals surface area contributed by atoms with Crippen LogP contribution in [0.5, 0.6) is 0 Å². The highest BCUT2D eigenvalue weighted by Crippen LogP contribution is 2.23. The average Bonchev–Trinajstić information content (AvgIpc) is 2.74. The van der Waals surface area contributed by atoms with Crippen LogP contribution in [0.25, 0.3) is 0 Å². The fourth-order valence-corrected chi connectivity index (χ4v) is 4.42. The molecule has 3 N–H and O–H groups in total. The number of anilines is 1. The van der Waals surface area contributed by atoms with E-state index in [2.05, 4.69) is 15.6 Å². The molecule has 0 atom stereocenters. The molecule has 0 spiro atoms. The van der Waals surface area contributed by atoms with Crippen LogP contribution in [0.15, 0.2) is 53.4 Å². The number of nitrogens with one attached hydrogen (secondary N) is 3. The number of hydrazine groups is 1. The first-order chi connectivity index (χ1) is 13.8. The number of halogens is 1. The molecule has 0 radical (unpaired) electrons. The van der Waals surface area contributed by atoms with E-state index >= 15 is 0 Å². The largest absolute Gasteiger partial charge is 0.280 e. The van der Waals surface area contributed by atoms with Crippen molar-refractivity contribution in [2.24, 2.45) is 5.92 Å². The number of hydrogen-bond donors (Lipinski definition) is 3. The Morgan fingerprint density at radius 1 is 0.931 bits per heavy atom. The topological polar surface area (TPSA) is 104 Å². The van der Waals surface area contributed by atoms with E-state index in [1.165, 1.54) is 36.4 Å². The van der Waals surface area contributed by atoms with Crippen molar-refractivity contribution in [1.29, 1.82) is 0 Å². The molecular weight excluding hydrogens is 414 g/mol. The molecular formula is C20H22ClN3O4S. The van der Waals surface area contributed by atoms with E-state index < -0.39 is 15.9 Å². The summed E-state index contributed by atoms with van der Waals surface area (Å²) in [5.74, 6) is -0.900. The van der Waals surface area contributed by atoms with Gasteiger partial charge in [-0.25, -0.2) is 8.42 Å². The van der Waals surface area contributed by atoms with Gasteiger partial charge in [-0.1, -0.05) is 36.9 Å². The van der Waals surface area contributed by atoms with Crippen molar-refractivity contribution in [3.05, 3.63) is 59.1 Å². The van der Waals surface area contributed by atoms with Gasteiger partial charge in [-0.05, 0) is 55.3 Å². The third kappa shape index (κ3) is 5.71. The summed E-state index contributed by atoms with van der Waals surface area (Å²) in [5, 5.41) is 0.488. The van der Waals surface area contributed by atoms with Crippen molar-refractivity contribution in [2.75, 3.05) is 4.72 Å². The second-order valence-electron chi connectivity index (χ2n) is 6.92. The molecule has 1 aliphatic rings. The van der Waals surface area contributed by atoms with Gasteiger partial charge < -0.3 is 0 Å². The Hall–Kier alpha value is -2.58. The molecule has 29 heavy (non-hydrogen) atoms. The summed E-state index contributed by atoms with van der Waals surface area (Å²) in [5.41, 5.74) is 5.27. The van der Waals surface area contributed by atoms with E-state index in [9.17, 15) is 18.0 Å². The lowest BCUT2D eigenvalue weighted by atomic mass is 9.89. The zero-order chi connectivity index (χ0) is 20.9. The number of amides is 2. The molecule has 7 nitrogen and oxygen atoms in total. The zero-order valence-electron chi connectivity index (χ0n) is 15.7. The van der Waals surface area contributed by atoms with Crippen molar-refractivity contribution >= 4 is 39.1 Å². The van der Waals surface area contributed by atoms with Crippen molar-refractivity contribution in [2.45, 2.75) is 37.0 Å². The highest BCUT2D eigenvalue weighted by Gasteiger charge is 2.22. The van der Waals surface area contributed by atoms with Gasteiger partial charge in [0, 0.05) is 22.2 Å². The molecule has 154 valence electrons. The van der Waals surface area contributed by atoms with E-state index in [0.29, 0.717) is 10.7 Å².